The number of hydrogen-bond acceptors (Lipinski definition) is 9. The summed E-state index contributed by atoms with van der Waals surface area (Å²) in [6, 6.07) is 26.9. The van der Waals surface area contributed by atoms with E-state index in [9.17, 15) is 34.6 Å². The average Bonchev–Trinajstić information content (AvgIpc) is 3.93. The van der Waals surface area contributed by atoms with Crippen LogP contribution in [-0.4, -0.2) is 47.2 Å². The number of primary amides is 3. The van der Waals surface area contributed by atoms with Gasteiger partial charge in [0.05, 0.1) is 51.4 Å². The number of halogens is 2. The number of H-pyrrole nitrogens is 2. The molecule has 3 amide bonds. The number of aromatic nitrogens is 6. The lowest BCUT2D eigenvalue weighted by atomic mass is 9.99. The van der Waals surface area contributed by atoms with E-state index >= 15 is 0 Å². The van der Waals surface area contributed by atoms with E-state index in [-0.39, 0.29) is 5.69 Å². The van der Waals surface area contributed by atoms with Gasteiger partial charge in [-0.3, -0.25) is 19.4 Å². The molecule has 0 aliphatic rings. The number of nitrogens with zero attached hydrogens (tertiary/aromatic N) is 7. The number of amides is 3. The first-order chi connectivity index (χ1) is 31.6. The standard InChI is InChI=1S/C17H14N4O.C16H11ClN4O.C16H11FN4O/c1-10-13-7-11(9-18)8-14(12-3-5-20-6-4-12)16(13)21(2)15(10)17(19)22;1-8-11-4-9(6-18)5-12(10-2-3-13(17)20-7-10)15(11)21-14(8)16(19)22;1-8-11-4-9(7-18)5-12(10-2-3-20-13(17)6-10)15(11)21-14(8)16(19)22/h3-8H,1-2H3,(H2,19,22);2-5,7,21H,1H3,(H2,19,22);2-6,21H,1H3,(H2,19,22). The van der Waals surface area contributed by atoms with Gasteiger partial charge in [0.1, 0.15) is 22.2 Å². The zero-order chi connectivity index (χ0) is 47.6. The van der Waals surface area contributed by atoms with Gasteiger partial charge >= 0.3 is 0 Å². The summed E-state index contributed by atoms with van der Waals surface area (Å²) in [7, 11) is 1.81. The van der Waals surface area contributed by atoms with Crippen molar-refractivity contribution in [1.29, 1.82) is 15.8 Å². The van der Waals surface area contributed by atoms with Crippen LogP contribution in [0.1, 0.15) is 64.8 Å². The van der Waals surface area contributed by atoms with Crippen LogP contribution in [0.25, 0.3) is 66.1 Å². The second-order valence-electron chi connectivity index (χ2n) is 15.0. The van der Waals surface area contributed by atoms with Crippen LogP contribution in [0.5, 0.6) is 0 Å². The van der Waals surface area contributed by atoms with Crippen molar-refractivity contribution >= 4 is 62.0 Å². The lowest BCUT2D eigenvalue weighted by Gasteiger charge is -2.08. The van der Waals surface area contributed by atoms with Crippen LogP contribution in [0.2, 0.25) is 5.15 Å². The molecule has 0 atom stereocenters. The maximum absolute atomic E-state index is 13.4. The minimum Gasteiger partial charge on any atom is -0.364 e. The molecule has 9 rings (SSSR count). The molecule has 17 heteroatoms. The molecule has 0 saturated heterocycles. The van der Waals surface area contributed by atoms with E-state index in [1.165, 1.54) is 12.3 Å². The summed E-state index contributed by atoms with van der Waals surface area (Å²) in [5.41, 5.74) is 27.8. The monoisotopic (exact) mass is 894 g/mol. The van der Waals surface area contributed by atoms with Gasteiger partial charge in [0.2, 0.25) is 5.95 Å². The van der Waals surface area contributed by atoms with Crippen molar-refractivity contribution in [2.24, 2.45) is 24.2 Å². The molecule has 0 spiro atoms. The Kier molecular flexibility index (Phi) is 12.4. The molecule has 9 aromatic rings. The first-order valence-electron chi connectivity index (χ1n) is 19.8. The number of rotatable bonds is 6. The summed E-state index contributed by atoms with van der Waals surface area (Å²) >= 11 is 5.81. The van der Waals surface area contributed by atoms with E-state index < -0.39 is 23.7 Å². The Morgan fingerprint density at radius 3 is 1.59 bits per heavy atom. The molecule has 15 nitrogen and oxygen atoms in total. The summed E-state index contributed by atoms with van der Waals surface area (Å²) in [6.07, 6.45) is 6.37. The molecule has 3 aromatic carbocycles. The lowest BCUT2D eigenvalue weighted by Crippen LogP contribution is -2.16. The zero-order valence-electron chi connectivity index (χ0n) is 35.6. The highest BCUT2D eigenvalue weighted by Gasteiger charge is 2.21. The minimum absolute atomic E-state index is 0.279. The molecule has 66 heavy (non-hydrogen) atoms. The van der Waals surface area contributed by atoms with E-state index in [0.717, 1.165) is 55.2 Å². The third-order valence-corrected chi connectivity index (χ3v) is 11.3. The number of pyridine rings is 3. The second kappa shape index (κ2) is 18.3. The zero-order valence-corrected chi connectivity index (χ0v) is 36.3. The fourth-order valence-corrected chi connectivity index (χ4v) is 8.08. The highest BCUT2D eigenvalue weighted by atomic mass is 35.5. The van der Waals surface area contributed by atoms with E-state index in [4.69, 9.17) is 28.8 Å². The first-order valence-corrected chi connectivity index (χ1v) is 20.1. The number of benzene rings is 3. The fourth-order valence-electron chi connectivity index (χ4n) is 7.97. The maximum Gasteiger partial charge on any atom is 0.265 e. The van der Waals surface area contributed by atoms with Gasteiger partial charge < -0.3 is 31.7 Å². The summed E-state index contributed by atoms with van der Waals surface area (Å²) in [5.74, 6) is -2.21. The molecule has 0 aliphatic heterocycles. The van der Waals surface area contributed by atoms with E-state index in [1.807, 2.05) is 38.2 Å². The van der Waals surface area contributed by atoms with Crippen LogP contribution in [0.3, 0.4) is 0 Å². The topological polar surface area (TPSA) is 276 Å². The van der Waals surface area contributed by atoms with E-state index in [0.29, 0.717) is 60.8 Å². The number of carbonyl (C=O) groups is 3. The van der Waals surface area contributed by atoms with Crippen LogP contribution in [0.15, 0.2) is 97.6 Å². The second-order valence-corrected chi connectivity index (χ2v) is 15.4. The van der Waals surface area contributed by atoms with E-state index in [1.54, 1.807) is 79.5 Å². The Bertz CT molecular complexity index is 3570. The SMILES string of the molecule is Cc1c(C(N)=O)[nH]c2c(-c3ccc(Cl)nc3)cc(C#N)cc12.Cc1c(C(N)=O)[nH]c2c(-c3ccnc(F)c3)cc(C#N)cc12.Cc1c(C(N)=O)n(C)c2c(-c3ccncc3)cc(C#N)cc12. The van der Waals surface area contributed by atoms with Crippen molar-refractivity contribution in [2.45, 2.75) is 20.8 Å². The van der Waals surface area contributed by atoms with Crippen LogP contribution in [0.4, 0.5) is 4.39 Å². The Hall–Kier alpha value is -9.17. The Morgan fingerprint density at radius 2 is 1.12 bits per heavy atom. The Balaban J connectivity index is 0.000000147. The summed E-state index contributed by atoms with van der Waals surface area (Å²) in [5, 5.41) is 30.5. The van der Waals surface area contributed by atoms with Crippen molar-refractivity contribution in [3.05, 3.63) is 159 Å². The maximum atomic E-state index is 13.4. The number of nitriles is 3. The van der Waals surface area contributed by atoms with Gasteiger partial charge in [0.25, 0.3) is 17.7 Å². The quantitative estimate of drug-likeness (QED) is 0.100. The van der Waals surface area contributed by atoms with Crippen molar-refractivity contribution in [1.82, 2.24) is 29.5 Å². The summed E-state index contributed by atoms with van der Waals surface area (Å²) in [4.78, 5) is 52.4. The Morgan fingerprint density at radius 1 is 0.621 bits per heavy atom. The summed E-state index contributed by atoms with van der Waals surface area (Å²) in [6.45, 7) is 5.39. The summed E-state index contributed by atoms with van der Waals surface area (Å²) < 4.78 is 15.2. The van der Waals surface area contributed by atoms with Crippen LogP contribution in [0, 0.1) is 60.7 Å². The number of nitrogens with one attached hydrogen (secondary N) is 2. The molecular formula is C49H36ClFN12O3. The lowest BCUT2D eigenvalue weighted by molar-refractivity contribution is 0.0985. The fraction of sp³-hybridized carbons (Fsp3) is 0.0816. The number of hydrogen-bond donors (Lipinski definition) is 5. The molecular weight excluding hydrogens is 859 g/mol. The van der Waals surface area contributed by atoms with Gasteiger partial charge in [-0.15, -0.1) is 0 Å². The molecule has 0 bridgehead atoms. The Labute approximate surface area is 380 Å². The third kappa shape index (κ3) is 8.49. The highest BCUT2D eigenvalue weighted by Crippen LogP contribution is 2.36. The third-order valence-electron chi connectivity index (χ3n) is 11.1. The van der Waals surface area contributed by atoms with Gasteiger partial charge in [-0.25, -0.2) is 9.97 Å². The number of nitrogens with two attached hydrogens (primary N) is 3. The van der Waals surface area contributed by atoms with Gasteiger partial charge in [-0.05, 0) is 115 Å². The van der Waals surface area contributed by atoms with Crippen molar-refractivity contribution in [2.75, 3.05) is 0 Å². The van der Waals surface area contributed by atoms with Crippen LogP contribution in [-0.2, 0) is 7.05 Å². The molecule has 324 valence electrons. The van der Waals surface area contributed by atoms with Gasteiger partial charge in [0, 0.05) is 76.3 Å². The van der Waals surface area contributed by atoms with Crippen molar-refractivity contribution in [3.63, 3.8) is 0 Å². The van der Waals surface area contributed by atoms with E-state index in [2.05, 4.69) is 43.1 Å². The average molecular weight is 895 g/mol. The number of aromatic amines is 2. The van der Waals surface area contributed by atoms with Gasteiger partial charge in [-0.1, -0.05) is 11.6 Å². The minimum atomic E-state index is -0.619. The van der Waals surface area contributed by atoms with Gasteiger partial charge in [-0.2, -0.15) is 20.2 Å². The molecule has 0 unspecified atom stereocenters. The predicted octanol–water partition coefficient (Wildman–Crippen LogP) is 8.33. The van der Waals surface area contributed by atoms with Crippen molar-refractivity contribution < 1.29 is 18.8 Å². The number of carbonyl (C=O) groups excluding carboxylic acids is 3. The molecule has 6 heterocycles. The first kappa shape index (κ1) is 44.9. The van der Waals surface area contributed by atoms with Crippen LogP contribution < -0.4 is 17.2 Å². The smallest absolute Gasteiger partial charge is 0.265 e. The molecule has 0 radical (unpaired) electrons. The number of fused-ring (bicyclic) bond motifs is 3. The normalized spacial score (nSPS) is 10.6. The largest absolute Gasteiger partial charge is 0.364 e. The molecule has 0 aliphatic carbocycles. The molecule has 6 aromatic heterocycles. The molecule has 0 saturated carbocycles. The molecule has 8 N–H and O–H groups in total. The van der Waals surface area contributed by atoms with Gasteiger partial charge in [0.15, 0.2) is 0 Å². The highest BCUT2D eigenvalue weighted by molar-refractivity contribution is 6.29. The van der Waals surface area contributed by atoms with Crippen LogP contribution >= 0.6 is 11.6 Å². The predicted molar refractivity (Wildman–Crippen MR) is 248 cm³/mol. The molecule has 0 fully saturated rings. The number of aryl methyl sites for hydroxylation is 4. The van der Waals surface area contributed by atoms with Crippen molar-refractivity contribution in [3.8, 4) is 51.6 Å².